The molecule has 6 heteroatoms. The Labute approximate surface area is 127 Å². The quantitative estimate of drug-likeness (QED) is 0.828. The van der Waals surface area contributed by atoms with Crippen molar-refractivity contribution in [2.24, 2.45) is 0 Å². The number of aryl methyl sites for hydroxylation is 1. The molecule has 0 bridgehead atoms. The number of halogens is 3. The van der Waals surface area contributed by atoms with Crippen LogP contribution in [-0.4, -0.2) is 14.2 Å². The van der Waals surface area contributed by atoms with Gasteiger partial charge in [0.15, 0.2) is 9.84 Å². The molecule has 0 saturated carbocycles. The molecular formula is C16H15F3O2S. The van der Waals surface area contributed by atoms with Crippen molar-refractivity contribution in [2.75, 3.05) is 5.75 Å². The van der Waals surface area contributed by atoms with Gasteiger partial charge in [0.25, 0.3) is 0 Å². The van der Waals surface area contributed by atoms with Gasteiger partial charge in [0, 0.05) is 0 Å². The van der Waals surface area contributed by atoms with Gasteiger partial charge >= 0.3 is 6.18 Å². The summed E-state index contributed by atoms with van der Waals surface area (Å²) in [5, 5.41) is 0. The molecule has 2 rings (SSSR count). The maximum atomic E-state index is 12.5. The maximum absolute atomic E-state index is 12.5. The highest BCUT2D eigenvalue weighted by atomic mass is 32.2. The van der Waals surface area contributed by atoms with Gasteiger partial charge in [-0.15, -0.1) is 0 Å². The summed E-state index contributed by atoms with van der Waals surface area (Å²) in [6.07, 6.45) is -3.43. The largest absolute Gasteiger partial charge is 0.416 e. The second kappa shape index (κ2) is 6.52. The molecule has 0 fully saturated rings. The lowest BCUT2D eigenvalue weighted by molar-refractivity contribution is -0.137. The minimum absolute atomic E-state index is 0.0754. The van der Waals surface area contributed by atoms with E-state index in [0.717, 1.165) is 29.8 Å². The molecule has 2 aromatic carbocycles. The molecular weight excluding hydrogens is 313 g/mol. The second-order valence-corrected chi connectivity index (χ2v) is 7.04. The van der Waals surface area contributed by atoms with Crippen LogP contribution in [0, 0.1) is 0 Å². The van der Waals surface area contributed by atoms with Crippen LogP contribution < -0.4 is 0 Å². The van der Waals surface area contributed by atoms with E-state index >= 15 is 0 Å². The Kier molecular flexibility index (Phi) is 4.90. The Hall–Kier alpha value is -1.82. The first-order valence-corrected chi connectivity index (χ1v) is 8.38. The minimum Gasteiger partial charge on any atom is -0.224 e. The summed E-state index contributed by atoms with van der Waals surface area (Å²) < 4.78 is 61.6. The highest BCUT2D eigenvalue weighted by molar-refractivity contribution is 7.91. The summed E-state index contributed by atoms with van der Waals surface area (Å²) in [7, 11) is -3.56. The first-order valence-electron chi connectivity index (χ1n) is 6.73. The average Bonchev–Trinajstić information content (AvgIpc) is 2.47. The van der Waals surface area contributed by atoms with E-state index in [0.29, 0.717) is 12.8 Å². The molecule has 0 N–H and O–H groups in total. The normalized spacial score (nSPS) is 12.3. The van der Waals surface area contributed by atoms with Crippen LogP contribution in [0.2, 0.25) is 0 Å². The summed E-state index contributed by atoms with van der Waals surface area (Å²) in [5.41, 5.74) is 0.181. The van der Waals surface area contributed by atoms with Crippen LogP contribution in [0.15, 0.2) is 59.5 Å². The van der Waals surface area contributed by atoms with E-state index < -0.39 is 21.6 Å². The minimum atomic E-state index is -4.46. The number of hydrogen-bond acceptors (Lipinski definition) is 2. The van der Waals surface area contributed by atoms with Crippen molar-refractivity contribution in [3.8, 4) is 0 Å². The average molecular weight is 328 g/mol. The fraction of sp³-hybridized carbons (Fsp3) is 0.250. The molecule has 0 heterocycles. The van der Waals surface area contributed by atoms with Crippen molar-refractivity contribution in [1.82, 2.24) is 0 Å². The van der Waals surface area contributed by atoms with Crippen molar-refractivity contribution >= 4 is 9.84 Å². The highest BCUT2D eigenvalue weighted by Gasteiger charge is 2.30. The lowest BCUT2D eigenvalue weighted by atomic mass is 10.1. The van der Waals surface area contributed by atoms with Gasteiger partial charge in [-0.3, -0.25) is 0 Å². The lowest BCUT2D eigenvalue weighted by Gasteiger charge is -2.08. The molecule has 0 spiro atoms. The Bertz CT molecular complexity index is 705. The van der Waals surface area contributed by atoms with Crippen LogP contribution in [0.4, 0.5) is 13.2 Å². The van der Waals surface area contributed by atoms with Gasteiger partial charge in [0.2, 0.25) is 0 Å². The molecule has 118 valence electrons. The predicted octanol–water partition coefficient (Wildman–Crippen LogP) is 4.11. The fourth-order valence-corrected chi connectivity index (χ4v) is 3.39. The molecule has 0 radical (unpaired) electrons. The van der Waals surface area contributed by atoms with Crippen LogP contribution in [0.5, 0.6) is 0 Å². The van der Waals surface area contributed by atoms with Crippen LogP contribution in [0.1, 0.15) is 17.5 Å². The Morgan fingerprint density at radius 1 is 0.864 bits per heavy atom. The SMILES string of the molecule is O=S(=O)(CCCc1ccccc1)c1ccc(C(F)(F)F)cc1. The zero-order chi connectivity index (χ0) is 16.2. The van der Waals surface area contributed by atoms with E-state index in [9.17, 15) is 21.6 Å². The molecule has 2 nitrogen and oxygen atoms in total. The van der Waals surface area contributed by atoms with E-state index in [1.54, 1.807) is 0 Å². The fourth-order valence-electron chi connectivity index (χ4n) is 2.08. The third-order valence-corrected chi connectivity index (χ3v) is 5.08. The Morgan fingerprint density at radius 3 is 2.00 bits per heavy atom. The zero-order valence-corrected chi connectivity index (χ0v) is 12.5. The number of rotatable bonds is 5. The summed E-state index contributed by atoms with van der Waals surface area (Å²) in [4.78, 5) is -0.0754. The molecule has 0 amide bonds. The van der Waals surface area contributed by atoms with E-state index in [1.165, 1.54) is 0 Å². The van der Waals surface area contributed by atoms with Crippen LogP contribution >= 0.6 is 0 Å². The predicted molar refractivity (Wildman–Crippen MR) is 78.3 cm³/mol. The summed E-state index contributed by atoms with van der Waals surface area (Å²) in [6, 6.07) is 13.1. The lowest BCUT2D eigenvalue weighted by Crippen LogP contribution is -2.09. The molecule has 0 aliphatic heterocycles. The van der Waals surface area contributed by atoms with Crippen molar-refractivity contribution in [2.45, 2.75) is 23.9 Å². The van der Waals surface area contributed by atoms with Crippen LogP contribution in [0.3, 0.4) is 0 Å². The van der Waals surface area contributed by atoms with Gasteiger partial charge in [0.1, 0.15) is 0 Å². The van der Waals surface area contributed by atoms with E-state index in [1.807, 2.05) is 30.3 Å². The molecule has 22 heavy (non-hydrogen) atoms. The molecule has 0 saturated heterocycles. The van der Waals surface area contributed by atoms with Crippen molar-refractivity contribution in [3.05, 3.63) is 65.7 Å². The van der Waals surface area contributed by atoms with Gasteiger partial charge in [-0.1, -0.05) is 30.3 Å². The molecule has 0 aliphatic carbocycles. The number of hydrogen-bond donors (Lipinski definition) is 0. The number of benzene rings is 2. The molecule has 0 unspecified atom stereocenters. The van der Waals surface area contributed by atoms with Gasteiger partial charge in [0.05, 0.1) is 16.2 Å². The molecule has 2 aromatic rings. The summed E-state index contributed by atoms with van der Waals surface area (Å²) >= 11 is 0. The first kappa shape index (κ1) is 16.5. The van der Waals surface area contributed by atoms with Gasteiger partial charge in [-0.05, 0) is 42.7 Å². The van der Waals surface area contributed by atoms with Crippen LogP contribution in [0.25, 0.3) is 0 Å². The van der Waals surface area contributed by atoms with E-state index in [4.69, 9.17) is 0 Å². The standard InChI is InChI=1S/C16H15F3O2S/c17-16(18,19)14-8-10-15(11-9-14)22(20,21)12-4-7-13-5-2-1-3-6-13/h1-3,5-6,8-11H,4,7,12H2. The third-order valence-electron chi connectivity index (χ3n) is 3.26. The van der Waals surface area contributed by atoms with Crippen LogP contribution in [-0.2, 0) is 22.4 Å². The number of alkyl halides is 3. The maximum Gasteiger partial charge on any atom is 0.416 e. The Balaban J connectivity index is 2.01. The van der Waals surface area contributed by atoms with Gasteiger partial charge < -0.3 is 0 Å². The molecule has 0 aromatic heterocycles. The van der Waals surface area contributed by atoms with Gasteiger partial charge in [-0.25, -0.2) is 8.42 Å². The highest BCUT2D eigenvalue weighted by Crippen LogP contribution is 2.29. The van der Waals surface area contributed by atoms with E-state index in [2.05, 4.69) is 0 Å². The molecule has 0 aliphatic rings. The van der Waals surface area contributed by atoms with Crippen molar-refractivity contribution in [1.29, 1.82) is 0 Å². The first-order chi connectivity index (χ1) is 10.3. The van der Waals surface area contributed by atoms with E-state index in [-0.39, 0.29) is 10.6 Å². The molecule has 0 atom stereocenters. The third kappa shape index (κ3) is 4.34. The topological polar surface area (TPSA) is 34.1 Å². The smallest absolute Gasteiger partial charge is 0.224 e. The summed E-state index contributed by atoms with van der Waals surface area (Å²) in [5.74, 6) is -0.0900. The number of sulfone groups is 1. The second-order valence-electron chi connectivity index (χ2n) is 4.93. The van der Waals surface area contributed by atoms with Gasteiger partial charge in [-0.2, -0.15) is 13.2 Å². The zero-order valence-electron chi connectivity index (χ0n) is 11.7. The Morgan fingerprint density at radius 2 is 1.45 bits per heavy atom. The monoisotopic (exact) mass is 328 g/mol. The summed E-state index contributed by atoms with van der Waals surface area (Å²) in [6.45, 7) is 0. The van der Waals surface area contributed by atoms with Crippen molar-refractivity contribution in [3.63, 3.8) is 0 Å². The van der Waals surface area contributed by atoms with Crippen molar-refractivity contribution < 1.29 is 21.6 Å².